The molecule has 9 heteroatoms. The molecule has 2 aliphatic heterocycles. The highest BCUT2D eigenvalue weighted by Crippen LogP contribution is 2.27. The standard InChI is InChI=1S/C15H19BrN4O4/c16-12-7-11(8-17-13(12)19-3-5-24-6-4-19)18-15(23)20-2-1-10(9-20)14(21)22/h7-8,10H,1-6,9H2,(H,18,23)(H,21,22). The zero-order chi connectivity index (χ0) is 17.1. The van der Waals surface area contributed by atoms with Crippen LogP contribution in [0.1, 0.15) is 6.42 Å². The Balaban J connectivity index is 1.62. The SMILES string of the molecule is O=C(O)C1CCN(C(=O)Nc2cnc(N3CCOCC3)c(Br)c2)C1. The summed E-state index contributed by atoms with van der Waals surface area (Å²) in [6.45, 7) is 3.59. The number of ether oxygens (including phenoxy) is 1. The molecular weight excluding hydrogens is 380 g/mol. The van der Waals surface area contributed by atoms with Gasteiger partial charge in [0.15, 0.2) is 0 Å². The van der Waals surface area contributed by atoms with E-state index < -0.39 is 11.9 Å². The first-order valence-electron chi connectivity index (χ1n) is 7.81. The third-order valence-electron chi connectivity index (χ3n) is 4.21. The molecule has 1 unspecified atom stereocenters. The van der Waals surface area contributed by atoms with Crippen LogP contribution in [0, 0.1) is 5.92 Å². The van der Waals surface area contributed by atoms with Crippen LogP contribution >= 0.6 is 15.9 Å². The molecule has 130 valence electrons. The lowest BCUT2D eigenvalue weighted by atomic mass is 10.1. The molecule has 1 aromatic rings. The maximum Gasteiger partial charge on any atom is 0.321 e. The van der Waals surface area contributed by atoms with E-state index in [0.29, 0.717) is 31.9 Å². The number of hydrogen-bond acceptors (Lipinski definition) is 5. The van der Waals surface area contributed by atoms with E-state index >= 15 is 0 Å². The largest absolute Gasteiger partial charge is 0.481 e. The third-order valence-corrected chi connectivity index (χ3v) is 4.79. The van der Waals surface area contributed by atoms with Crippen molar-refractivity contribution >= 4 is 39.4 Å². The molecule has 0 spiro atoms. The molecule has 1 atom stereocenters. The summed E-state index contributed by atoms with van der Waals surface area (Å²) in [5, 5.41) is 11.8. The number of nitrogens with one attached hydrogen (secondary N) is 1. The molecule has 24 heavy (non-hydrogen) atoms. The van der Waals surface area contributed by atoms with Gasteiger partial charge in [-0.2, -0.15) is 0 Å². The molecule has 1 aromatic heterocycles. The number of carboxylic acid groups (broad SMARTS) is 1. The number of carbonyl (C=O) groups excluding carboxylic acids is 1. The number of aliphatic carboxylic acids is 1. The van der Waals surface area contributed by atoms with Gasteiger partial charge in [-0.15, -0.1) is 0 Å². The molecule has 8 nitrogen and oxygen atoms in total. The number of nitrogens with zero attached hydrogens (tertiary/aromatic N) is 3. The Morgan fingerprint density at radius 1 is 1.33 bits per heavy atom. The van der Waals surface area contributed by atoms with Crippen LogP contribution in [-0.2, 0) is 9.53 Å². The first kappa shape index (κ1) is 17.0. The van der Waals surface area contributed by atoms with Gasteiger partial charge in [0.05, 0.1) is 35.5 Å². The number of anilines is 2. The van der Waals surface area contributed by atoms with Gasteiger partial charge in [0.2, 0.25) is 0 Å². The maximum atomic E-state index is 12.2. The molecule has 0 saturated carbocycles. The van der Waals surface area contributed by atoms with Crippen LogP contribution in [0.4, 0.5) is 16.3 Å². The zero-order valence-electron chi connectivity index (χ0n) is 13.1. The number of hydrogen-bond donors (Lipinski definition) is 2. The van der Waals surface area contributed by atoms with Gasteiger partial charge in [-0.3, -0.25) is 4.79 Å². The smallest absolute Gasteiger partial charge is 0.321 e. The highest BCUT2D eigenvalue weighted by molar-refractivity contribution is 9.10. The highest BCUT2D eigenvalue weighted by Gasteiger charge is 2.31. The van der Waals surface area contributed by atoms with Crippen molar-refractivity contribution in [1.82, 2.24) is 9.88 Å². The Kier molecular flexibility index (Phi) is 5.20. The molecule has 0 aromatic carbocycles. The Morgan fingerprint density at radius 2 is 2.08 bits per heavy atom. The predicted molar refractivity (Wildman–Crippen MR) is 91.3 cm³/mol. The van der Waals surface area contributed by atoms with E-state index in [1.165, 1.54) is 4.90 Å². The number of rotatable bonds is 3. The van der Waals surface area contributed by atoms with Gasteiger partial charge in [0.1, 0.15) is 5.82 Å². The minimum Gasteiger partial charge on any atom is -0.481 e. The van der Waals surface area contributed by atoms with E-state index in [1.54, 1.807) is 12.3 Å². The van der Waals surface area contributed by atoms with E-state index in [1.807, 2.05) is 0 Å². The molecule has 0 radical (unpaired) electrons. The van der Waals surface area contributed by atoms with Crippen molar-refractivity contribution in [1.29, 1.82) is 0 Å². The van der Waals surface area contributed by atoms with Gasteiger partial charge in [0.25, 0.3) is 0 Å². The van der Waals surface area contributed by atoms with Crippen molar-refractivity contribution in [2.24, 2.45) is 5.92 Å². The van der Waals surface area contributed by atoms with Gasteiger partial charge in [-0.25, -0.2) is 9.78 Å². The molecule has 2 saturated heterocycles. The number of carboxylic acids is 1. The molecule has 2 amide bonds. The molecule has 0 bridgehead atoms. The number of urea groups is 1. The summed E-state index contributed by atoms with van der Waals surface area (Å²) in [5.74, 6) is -0.516. The first-order valence-corrected chi connectivity index (χ1v) is 8.61. The molecule has 2 aliphatic rings. The monoisotopic (exact) mass is 398 g/mol. The fourth-order valence-electron chi connectivity index (χ4n) is 2.86. The second-order valence-electron chi connectivity index (χ2n) is 5.83. The number of amides is 2. The van der Waals surface area contributed by atoms with Crippen LogP contribution in [0.15, 0.2) is 16.7 Å². The number of halogens is 1. The number of carbonyl (C=O) groups is 2. The van der Waals surface area contributed by atoms with Crippen molar-refractivity contribution in [3.63, 3.8) is 0 Å². The summed E-state index contributed by atoms with van der Waals surface area (Å²) in [4.78, 5) is 31.3. The zero-order valence-corrected chi connectivity index (χ0v) is 14.7. The number of morpholine rings is 1. The Hall–Kier alpha value is -1.87. The molecule has 3 heterocycles. The summed E-state index contributed by atoms with van der Waals surface area (Å²) in [6, 6.07) is 1.51. The molecule has 2 N–H and O–H groups in total. The lowest BCUT2D eigenvalue weighted by molar-refractivity contribution is -0.141. The Morgan fingerprint density at radius 3 is 2.71 bits per heavy atom. The molecule has 0 aliphatic carbocycles. The second kappa shape index (κ2) is 7.35. The van der Waals surface area contributed by atoms with Crippen molar-refractivity contribution in [2.45, 2.75) is 6.42 Å². The lowest BCUT2D eigenvalue weighted by Crippen LogP contribution is -2.37. The van der Waals surface area contributed by atoms with E-state index in [2.05, 4.69) is 31.1 Å². The number of likely N-dealkylation sites (tertiary alicyclic amines) is 1. The normalized spacial score (nSPS) is 21.0. The van der Waals surface area contributed by atoms with Crippen LogP contribution in [0.3, 0.4) is 0 Å². The second-order valence-corrected chi connectivity index (χ2v) is 6.68. The average Bonchev–Trinajstić information content (AvgIpc) is 3.06. The quantitative estimate of drug-likeness (QED) is 0.802. The van der Waals surface area contributed by atoms with E-state index in [0.717, 1.165) is 23.4 Å². The number of aromatic nitrogens is 1. The van der Waals surface area contributed by atoms with E-state index in [4.69, 9.17) is 9.84 Å². The summed E-state index contributed by atoms with van der Waals surface area (Å²) in [5.41, 5.74) is 0.572. The van der Waals surface area contributed by atoms with Crippen molar-refractivity contribution in [3.8, 4) is 0 Å². The van der Waals surface area contributed by atoms with E-state index in [9.17, 15) is 9.59 Å². The average molecular weight is 399 g/mol. The Labute approximate surface area is 147 Å². The maximum absolute atomic E-state index is 12.2. The summed E-state index contributed by atoms with van der Waals surface area (Å²) < 4.78 is 6.13. The van der Waals surface area contributed by atoms with Gasteiger partial charge in [-0.1, -0.05) is 0 Å². The van der Waals surface area contributed by atoms with Crippen molar-refractivity contribution < 1.29 is 19.4 Å². The van der Waals surface area contributed by atoms with E-state index in [-0.39, 0.29) is 12.6 Å². The fraction of sp³-hybridized carbons (Fsp3) is 0.533. The van der Waals surface area contributed by atoms with Gasteiger partial charge < -0.3 is 25.0 Å². The van der Waals surface area contributed by atoms with Crippen LogP contribution in [-0.4, -0.2) is 66.4 Å². The van der Waals surface area contributed by atoms with Crippen LogP contribution in [0.2, 0.25) is 0 Å². The van der Waals surface area contributed by atoms with Crippen LogP contribution in [0.25, 0.3) is 0 Å². The molecular formula is C15H19BrN4O4. The van der Waals surface area contributed by atoms with Gasteiger partial charge in [0, 0.05) is 26.2 Å². The minimum absolute atomic E-state index is 0.238. The van der Waals surface area contributed by atoms with Crippen molar-refractivity contribution in [2.75, 3.05) is 49.6 Å². The first-order chi connectivity index (χ1) is 11.5. The fourth-order valence-corrected chi connectivity index (χ4v) is 3.46. The van der Waals surface area contributed by atoms with Crippen molar-refractivity contribution in [3.05, 3.63) is 16.7 Å². The number of pyridine rings is 1. The third kappa shape index (κ3) is 3.78. The summed E-state index contributed by atoms with van der Waals surface area (Å²) in [6.07, 6.45) is 2.10. The lowest BCUT2D eigenvalue weighted by Gasteiger charge is -2.28. The van der Waals surface area contributed by atoms with Gasteiger partial charge >= 0.3 is 12.0 Å². The predicted octanol–water partition coefficient (Wildman–Crippen LogP) is 1.62. The van der Waals surface area contributed by atoms with Crippen LogP contribution < -0.4 is 10.2 Å². The highest BCUT2D eigenvalue weighted by atomic mass is 79.9. The summed E-state index contributed by atoms with van der Waals surface area (Å²) >= 11 is 3.50. The Bertz CT molecular complexity index is 636. The van der Waals surface area contributed by atoms with Crippen LogP contribution in [0.5, 0.6) is 0 Å². The molecule has 2 fully saturated rings. The minimum atomic E-state index is -0.857. The summed E-state index contributed by atoms with van der Waals surface area (Å²) in [7, 11) is 0. The topological polar surface area (TPSA) is 95.0 Å². The molecule has 3 rings (SSSR count). The van der Waals surface area contributed by atoms with Gasteiger partial charge in [-0.05, 0) is 28.4 Å².